The Morgan fingerprint density at radius 1 is 1.12 bits per heavy atom. The van der Waals surface area contributed by atoms with E-state index < -0.39 is 0 Å². The normalized spacial score (nSPS) is 14.8. The third-order valence-corrected chi connectivity index (χ3v) is 4.57. The molecule has 0 bridgehead atoms. The molecule has 1 saturated carbocycles. The highest BCUT2D eigenvalue weighted by molar-refractivity contribution is 5.57. The smallest absolute Gasteiger partial charge is 0.223 e. The van der Waals surface area contributed by atoms with Crippen molar-refractivity contribution in [1.29, 1.82) is 0 Å². The first kappa shape index (κ1) is 15.7. The van der Waals surface area contributed by atoms with E-state index in [1.54, 1.807) is 18.3 Å². The number of halogens is 1. The molecule has 1 aliphatic rings. The number of hydrogen-bond donors (Lipinski definition) is 1. The average molecular weight is 338 g/mol. The summed E-state index contributed by atoms with van der Waals surface area (Å²) in [4.78, 5) is 8.90. The lowest BCUT2D eigenvalue weighted by Gasteiger charge is -2.09. The highest BCUT2D eigenvalue weighted by atomic mass is 19.1. The molecule has 128 valence electrons. The molecule has 0 radical (unpaired) electrons. The molecule has 6 heteroatoms. The maximum atomic E-state index is 13.0. The van der Waals surface area contributed by atoms with Crippen LogP contribution in [0.1, 0.15) is 43.0 Å². The summed E-state index contributed by atoms with van der Waals surface area (Å²) in [7, 11) is 0. The van der Waals surface area contributed by atoms with Crippen LogP contribution >= 0.6 is 0 Å². The third kappa shape index (κ3) is 3.68. The van der Waals surface area contributed by atoms with Gasteiger partial charge in [0.15, 0.2) is 5.76 Å². The average Bonchev–Trinajstić information content (AvgIpc) is 3.33. The van der Waals surface area contributed by atoms with Crippen molar-refractivity contribution in [3.8, 4) is 11.3 Å². The van der Waals surface area contributed by atoms with Crippen LogP contribution in [0.2, 0.25) is 0 Å². The van der Waals surface area contributed by atoms with Crippen molar-refractivity contribution in [2.24, 2.45) is 0 Å². The highest BCUT2D eigenvalue weighted by Crippen LogP contribution is 2.33. The first-order valence-corrected chi connectivity index (χ1v) is 8.56. The van der Waals surface area contributed by atoms with Gasteiger partial charge in [-0.15, -0.1) is 0 Å². The van der Waals surface area contributed by atoms with E-state index in [9.17, 15) is 4.39 Å². The zero-order valence-electron chi connectivity index (χ0n) is 13.8. The number of rotatable bonds is 5. The molecule has 2 aromatic heterocycles. The second-order valence-electron chi connectivity index (χ2n) is 6.33. The van der Waals surface area contributed by atoms with Gasteiger partial charge >= 0.3 is 0 Å². The fraction of sp³-hybridized carbons (Fsp3) is 0.316. The summed E-state index contributed by atoms with van der Waals surface area (Å²) in [5.41, 5.74) is 2.65. The Balaban J connectivity index is 1.42. The Hall–Kier alpha value is -2.76. The fourth-order valence-corrected chi connectivity index (χ4v) is 3.22. The van der Waals surface area contributed by atoms with Crippen molar-refractivity contribution in [2.45, 2.75) is 38.1 Å². The second kappa shape index (κ2) is 7.01. The highest BCUT2D eigenvalue weighted by Gasteiger charge is 2.18. The monoisotopic (exact) mass is 338 g/mol. The zero-order valence-corrected chi connectivity index (χ0v) is 13.8. The third-order valence-electron chi connectivity index (χ3n) is 4.57. The molecule has 4 rings (SSSR count). The van der Waals surface area contributed by atoms with Crippen LogP contribution in [0, 0.1) is 5.82 Å². The summed E-state index contributed by atoms with van der Waals surface area (Å²) < 4.78 is 18.3. The number of hydrogen-bond acceptors (Lipinski definition) is 5. The standard InChI is InChI=1S/C19H19FN4O/c20-15-7-5-14(6-8-15)18-11-16(24-25-18)12-22-19-21-10-9-17(23-19)13-3-1-2-4-13/h5-11,13H,1-4,12H2,(H,21,22,23). The molecular formula is C19H19FN4O. The lowest BCUT2D eigenvalue weighted by molar-refractivity contribution is 0.424. The first-order chi connectivity index (χ1) is 12.3. The van der Waals surface area contributed by atoms with Gasteiger partial charge in [0.1, 0.15) is 11.5 Å². The van der Waals surface area contributed by atoms with Gasteiger partial charge in [-0.3, -0.25) is 0 Å². The van der Waals surface area contributed by atoms with E-state index in [4.69, 9.17) is 4.52 Å². The van der Waals surface area contributed by atoms with E-state index >= 15 is 0 Å². The van der Waals surface area contributed by atoms with Gasteiger partial charge < -0.3 is 9.84 Å². The molecule has 3 aromatic rings. The molecule has 5 nitrogen and oxygen atoms in total. The van der Waals surface area contributed by atoms with Gasteiger partial charge in [-0.1, -0.05) is 18.0 Å². The SMILES string of the molecule is Fc1ccc(-c2cc(CNc3nccc(C4CCCC4)n3)no2)cc1. The summed E-state index contributed by atoms with van der Waals surface area (Å²) in [5, 5.41) is 7.24. The second-order valence-corrected chi connectivity index (χ2v) is 6.33. The first-order valence-electron chi connectivity index (χ1n) is 8.56. The quantitative estimate of drug-likeness (QED) is 0.740. The molecule has 1 fully saturated rings. The van der Waals surface area contributed by atoms with E-state index in [0.717, 1.165) is 17.0 Å². The van der Waals surface area contributed by atoms with E-state index in [1.165, 1.54) is 37.8 Å². The number of anilines is 1. The molecule has 1 N–H and O–H groups in total. The summed E-state index contributed by atoms with van der Waals surface area (Å²) in [5.74, 6) is 1.50. The Morgan fingerprint density at radius 3 is 2.72 bits per heavy atom. The van der Waals surface area contributed by atoms with Crippen LogP contribution in [0.4, 0.5) is 10.3 Å². The molecule has 1 aliphatic carbocycles. The largest absolute Gasteiger partial charge is 0.356 e. The van der Waals surface area contributed by atoms with Crippen LogP contribution in [0.3, 0.4) is 0 Å². The molecule has 0 atom stereocenters. The van der Waals surface area contributed by atoms with Gasteiger partial charge in [0, 0.05) is 29.4 Å². The molecule has 0 saturated heterocycles. The predicted octanol–water partition coefficient (Wildman–Crippen LogP) is 4.54. The van der Waals surface area contributed by atoms with Gasteiger partial charge in [0.25, 0.3) is 0 Å². The van der Waals surface area contributed by atoms with E-state index in [0.29, 0.717) is 24.2 Å². The summed E-state index contributed by atoms with van der Waals surface area (Å²) >= 11 is 0. The molecule has 25 heavy (non-hydrogen) atoms. The van der Waals surface area contributed by atoms with Crippen molar-refractivity contribution in [3.63, 3.8) is 0 Å². The molecule has 1 aromatic carbocycles. The van der Waals surface area contributed by atoms with Gasteiger partial charge in [0.05, 0.1) is 6.54 Å². The Bertz CT molecular complexity index is 841. The van der Waals surface area contributed by atoms with Crippen LogP contribution in [0.5, 0.6) is 0 Å². The Labute approximate surface area is 145 Å². The molecule has 0 unspecified atom stereocenters. The minimum absolute atomic E-state index is 0.274. The van der Waals surface area contributed by atoms with Gasteiger partial charge in [-0.25, -0.2) is 14.4 Å². The minimum Gasteiger partial charge on any atom is -0.356 e. The van der Waals surface area contributed by atoms with Crippen LogP contribution < -0.4 is 5.32 Å². The number of benzene rings is 1. The summed E-state index contributed by atoms with van der Waals surface area (Å²) in [6.07, 6.45) is 6.78. The topological polar surface area (TPSA) is 63.8 Å². The minimum atomic E-state index is -0.274. The fourth-order valence-electron chi connectivity index (χ4n) is 3.22. The van der Waals surface area contributed by atoms with E-state index in [-0.39, 0.29) is 5.82 Å². The van der Waals surface area contributed by atoms with Crippen molar-refractivity contribution in [2.75, 3.05) is 5.32 Å². The molecule has 2 heterocycles. The van der Waals surface area contributed by atoms with Crippen LogP contribution in [-0.4, -0.2) is 15.1 Å². The predicted molar refractivity (Wildman–Crippen MR) is 92.5 cm³/mol. The number of nitrogens with zero attached hydrogens (tertiary/aromatic N) is 3. The van der Waals surface area contributed by atoms with Crippen molar-refractivity contribution >= 4 is 5.95 Å². The van der Waals surface area contributed by atoms with Crippen molar-refractivity contribution < 1.29 is 8.91 Å². The number of nitrogens with one attached hydrogen (secondary N) is 1. The van der Waals surface area contributed by atoms with Crippen LogP contribution in [0.25, 0.3) is 11.3 Å². The van der Waals surface area contributed by atoms with Gasteiger partial charge in [0.2, 0.25) is 5.95 Å². The number of aromatic nitrogens is 3. The van der Waals surface area contributed by atoms with Gasteiger partial charge in [-0.05, 0) is 43.2 Å². The van der Waals surface area contributed by atoms with E-state index in [2.05, 4.69) is 20.4 Å². The molecule has 0 aliphatic heterocycles. The summed E-state index contributed by atoms with van der Waals surface area (Å²) in [6, 6.07) is 9.98. The Morgan fingerprint density at radius 2 is 1.92 bits per heavy atom. The van der Waals surface area contributed by atoms with Crippen LogP contribution in [0.15, 0.2) is 47.1 Å². The van der Waals surface area contributed by atoms with Crippen LogP contribution in [-0.2, 0) is 6.54 Å². The van der Waals surface area contributed by atoms with Crippen molar-refractivity contribution in [3.05, 3.63) is 59.8 Å². The Kier molecular flexibility index (Phi) is 4.41. The zero-order chi connectivity index (χ0) is 17.1. The van der Waals surface area contributed by atoms with Gasteiger partial charge in [-0.2, -0.15) is 0 Å². The molecular weight excluding hydrogens is 319 g/mol. The van der Waals surface area contributed by atoms with Crippen molar-refractivity contribution in [1.82, 2.24) is 15.1 Å². The molecule has 0 spiro atoms. The summed E-state index contributed by atoms with van der Waals surface area (Å²) in [6.45, 7) is 0.471. The maximum Gasteiger partial charge on any atom is 0.223 e. The molecule has 0 amide bonds. The lowest BCUT2D eigenvalue weighted by Crippen LogP contribution is -2.06. The van der Waals surface area contributed by atoms with E-state index in [1.807, 2.05) is 12.1 Å². The maximum absolute atomic E-state index is 13.0. The lowest BCUT2D eigenvalue weighted by atomic mass is 10.0.